The van der Waals surface area contributed by atoms with Crippen LogP contribution in [0.2, 0.25) is 0 Å². The molecule has 0 fully saturated rings. The lowest BCUT2D eigenvalue weighted by molar-refractivity contribution is 0.575. The van der Waals surface area contributed by atoms with Gasteiger partial charge in [-0.1, -0.05) is 106 Å². The SMILES string of the molecule is CCCCCCCCCCc1ccc2cc3sc4c5cc(-c6ccccc6)ccc5sc4c3cc2c1. The van der Waals surface area contributed by atoms with Gasteiger partial charge in [0.1, 0.15) is 0 Å². The second-order valence-corrected chi connectivity index (χ2v) is 12.3. The van der Waals surface area contributed by atoms with E-state index in [0.717, 1.165) is 0 Å². The van der Waals surface area contributed by atoms with Gasteiger partial charge in [0.15, 0.2) is 0 Å². The minimum atomic E-state index is 1.20. The first-order valence-corrected chi connectivity index (χ1v) is 15.3. The Bertz CT molecular complexity index is 1620. The molecule has 0 amide bonds. The molecule has 0 aliphatic carbocycles. The Morgan fingerprint density at radius 2 is 1.25 bits per heavy atom. The maximum Gasteiger partial charge on any atom is 0.0542 e. The Hall–Kier alpha value is -2.68. The number of unbranched alkanes of at least 4 members (excludes halogenated alkanes) is 7. The number of thiophene rings is 2. The molecule has 0 aliphatic rings. The van der Waals surface area contributed by atoms with E-state index in [4.69, 9.17) is 0 Å². The molecule has 0 bridgehead atoms. The molecule has 4 aromatic carbocycles. The summed E-state index contributed by atoms with van der Waals surface area (Å²) in [7, 11) is 0. The molecule has 2 heterocycles. The predicted octanol–water partition coefficient (Wildman–Crippen LogP) is 11.8. The average molecular weight is 507 g/mol. The highest BCUT2D eigenvalue weighted by Crippen LogP contribution is 2.46. The van der Waals surface area contributed by atoms with Crippen molar-refractivity contribution in [2.24, 2.45) is 0 Å². The molecule has 6 aromatic rings. The van der Waals surface area contributed by atoms with E-state index in [1.165, 1.54) is 115 Å². The molecule has 0 unspecified atom stereocenters. The lowest BCUT2D eigenvalue weighted by Crippen LogP contribution is -1.87. The van der Waals surface area contributed by atoms with E-state index in [0.29, 0.717) is 0 Å². The van der Waals surface area contributed by atoms with Gasteiger partial charge in [0.2, 0.25) is 0 Å². The lowest BCUT2D eigenvalue weighted by Gasteiger charge is -2.05. The highest BCUT2D eigenvalue weighted by Gasteiger charge is 2.14. The summed E-state index contributed by atoms with van der Waals surface area (Å²) < 4.78 is 5.69. The van der Waals surface area contributed by atoms with Crippen LogP contribution < -0.4 is 0 Å². The molecule has 36 heavy (non-hydrogen) atoms. The van der Waals surface area contributed by atoms with Crippen molar-refractivity contribution >= 4 is 63.0 Å². The molecule has 2 aromatic heterocycles. The number of benzene rings is 4. The number of hydrogen-bond donors (Lipinski definition) is 0. The third-order valence-electron chi connectivity index (χ3n) is 7.53. The van der Waals surface area contributed by atoms with Crippen molar-refractivity contribution in [3.63, 3.8) is 0 Å². The number of aryl methyl sites for hydroxylation is 1. The molecule has 0 aliphatic heterocycles. The smallest absolute Gasteiger partial charge is 0.0542 e. The van der Waals surface area contributed by atoms with Crippen LogP contribution in [0.5, 0.6) is 0 Å². The van der Waals surface area contributed by atoms with Gasteiger partial charge in [0.05, 0.1) is 9.40 Å². The molecule has 0 saturated heterocycles. The topological polar surface area (TPSA) is 0 Å². The first kappa shape index (κ1) is 23.7. The summed E-state index contributed by atoms with van der Waals surface area (Å²) in [6, 6.07) is 29.7. The van der Waals surface area contributed by atoms with Crippen LogP contribution in [0.25, 0.3) is 51.5 Å². The van der Waals surface area contributed by atoms with Gasteiger partial charge >= 0.3 is 0 Å². The number of fused-ring (bicyclic) bond motifs is 6. The van der Waals surface area contributed by atoms with Gasteiger partial charge in [-0.25, -0.2) is 0 Å². The van der Waals surface area contributed by atoms with Crippen LogP contribution in [0.3, 0.4) is 0 Å². The number of rotatable bonds is 10. The molecule has 6 rings (SSSR count). The second-order valence-electron chi connectivity index (χ2n) is 10.2. The van der Waals surface area contributed by atoms with Crippen LogP contribution >= 0.6 is 22.7 Å². The summed E-state index contributed by atoms with van der Waals surface area (Å²) in [6.07, 6.45) is 12.2. The summed E-state index contributed by atoms with van der Waals surface area (Å²) in [5.74, 6) is 0. The van der Waals surface area contributed by atoms with Gasteiger partial charge in [0.25, 0.3) is 0 Å². The lowest BCUT2D eigenvalue weighted by atomic mass is 10.0. The van der Waals surface area contributed by atoms with Gasteiger partial charge in [-0.05, 0) is 64.6 Å². The fourth-order valence-electron chi connectivity index (χ4n) is 5.48. The quantitative estimate of drug-likeness (QED) is 0.162. The fraction of sp³-hybridized carbons (Fsp3) is 0.294. The monoisotopic (exact) mass is 506 g/mol. The van der Waals surface area contributed by atoms with Crippen molar-refractivity contribution < 1.29 is 0 Å². The Morgan fingerprint density at radius 1 is 0.528 bits per heavy atom. The van der Waals surface area contributed by atoms with Gasteiger partial charge in [0, 0.05) is 20.2 Å². The van der Waals surface area contributed by atoms with Crippen molar-refractivity contribution in [2.75, 3.05) is 0 Å². The highest BCUT2D eigenvalue weighted by atomic mass is 32.1. The zero-order chi connectivity index (χ0) is 24.3. The molecule has 0 nitrogen and oxygen atoms in total. The van der Waals surface area contributed by atoms with Gasteiger partial charge in [-0.2, -0.15) is 0 Å². The van der Waals surface area contributed by atoms with E-state index in [9.17, 15) is 0 Å². The van der Waals surface area contributed by atoms with Gasteiger partial charge in [-0.15, -0.1) is 22.7 Å². The van der Waals surface area contributed by atoms with E-state index in [1.54, 1.807) is 0 Å². The normalized spacial score (nSPS) is 11.9. The minimum absolute atomic E-state index is 1.20. The summed E-state index contributed by atoms with van der Waals surface area (Å²) in [5.41, 5.74) is 4.08. The molecule has 0 atom stereocenters. The van der Waals surface area contributed by atoms with Crippen LogP contribution in [0.1, 0.15) is 63.9 Å². The van der Waals surface area contributed by atoms with Crippen LogP contribution in [0.15, 0.2) is 78.9 Å². The van der Waals surface area contributed by atoms with Crippen LogP contribution in [0, 0.1) is 0 Å². The highest BCUT2D eigenvalue weighted by molar-refractivity contribution is 7.36. The Balaban J connectivity index is 1.25. The zero-order valence-corrected chi connectivity index (χ0v) is 22.8. The summed E-state index contributed by atoms with van der Waals surface area (Å²) in [5, 5.41) is 5.58. The molecule has 0 spiro atoms. The van der Waals surface area contributed by atoms with E-state index in [-0.39, 0.29) is 0 Å². The number of hydrogen-bond acceptors (Lipinski definition) is 2. The molecular formula is C34H34S2. The largest absolute Gasteiger partial charge is 0.134 e. The molecule has 0 N–H and O–H groups in total. The van der Waals surface area contributed by atoms with Crippen LogP contribution in [-0.4, -0.2) is 0 Å². The van der Waals surface area contributed by atoms with E-state index in [2.05, 4.69) is 85.8 Å². The van der Waals surface area contributed by atoms with Gasteiger partial charge < -0.3 is 0 Å². The minimum Gasteiger partial charge on any atom is -0.134 e. The third kappa shape index (κ3) is 4.82. The summed E-state index contributed by atoms with van der Waals surface area (Å²) in [4.78, 5) is 0. The zero-order valence-electron chi connectivity index (χ0n) is 21.2. The molecule has 182 valence electrons. The maximum atomic E-state index is 2.45. The van der Waals surface area contributed by atoms with Gasteiger partial charge in [-0.3, -0.25) is 0 Å². The van der Waals surface area contributed by atoms with Crippen molar-refractivity contribution in [3.05, 3.63) is 84.4 Å². The van der Waals surface area contributed by atoms with Crippen molar-refractivity contribution in [2.45, 2.75) is 64.7 Å². The molecular weight excluding hydrogens is 473 g/mol. The molecule has 0 saturated carbocycles. The first-order chi connectivity index (χ1) is 17.8. The molecule has 0 radical (unpaired) electrons. The average Bonchev–Trinajstić information content (AvgIpc) is 3.44. The van der Waals surface area contributed by atoms with E-state index in [1.807, 2.05) is 22.7 Å². The Labute approximate surface area is 222 Å². The third-order valence-corrected chi connectivity index (χ3v) is 10.0. The fourth-order valence-corrected chi connectivity index (χ4v) is 8.13. The maximum absolute atomic E-state index is 2.45. The standard InChI is InChI=1S/C34H34S2/c1-2-3-4-5-6-7-8-10-13-24-16-17-27-23-32-30(22-28(27)20-24)34-33(36-32)29-21-26(18-19-31(29)35-34)25-14-11-9-12-15-25/h9,11-12,14-23H,2-8,10,13H2,1H3. The second kappa shape index (κ2) is 10.7. The van der Waals surface area contributed by atoms with Crippen molar-refractivity contribution in [1.82, 2.24) is 0 Å². The van der Waals surface area contributed by atoms with Crippen LogP contribution in [-0.2, 0) is 6.42 Å². The summed E-state index contributed by atoms with van der Waals surface area (Å²) in [6.45, 7) is 2.29. The molecule has 2 heteroatoms. The predicted molar refractivity (Wildman–Crippen MR) is 164 cm³/mol. The Kier molecular flexibility index (Phi) is 7.07. The van der Waals surface area contributed by atoms with Crippen molar-refractivity contribution in [1.29, 1.82) is 0 Å². The summed E-state index contributed by atoms with van der Waals surface area (Å²) >= 11 is 3.91. The van der Waals surface area contributed by atoms with Crippen molar-refractivity contribution in [3.8, 4) is 11.1 Å². The first-order valence-electron chi connectivity index (χ1n) is 13.7. The van der Waals surface area contributed by atoms with Crippen LogP contribution in [0.4, 0.5) is 0 Å². The van der Waals surface area contributed by atoms with E-state index < -0.39 is 0 Å². The Morgan fingerprint density at radius 3 is 2.06 bits per heavy atom. The van der Waals surface area contributed by atoms with E-state index >= 15 is 0 Å².